The van der Waals surface area contributed by atoms with E-state index < -0.39 is 4.92 Å². The molecule has 0 saturated heterocycles. The molecule has 5 heteroatoms. The van der Waals surface area contributed by atoms with Crippen molar-refractivity contribution < 1.29 is 4.92 Å². The van der Waals surface area contributed by atoms with Crippen molar-refractivity contribution in [1.29, 1.82) is 5.26 Å². The molecule has 0 fully saturated rings. The van der Waals surface area contributed by atoms with Crippen molar-refractivity contribution in [2.45, 2.75) is 11.8 Å². The van der Waals surface area contributed by atoms with Crippen LogP contribution in [0.4, 0.5) is 5.69 Å². The van der Waals surface area contributed by atoms with Gasteiger partial charge in [0.2, 0.25) is 0 Å². The summed E-state index contributed by atoms with van der Waals surface area (Å²) in [5, 5.41) is 19.2. The van der Waals surface area contributed by atoms with Crippen LogP contribution in [0.25, 0.3) is 0 Å². The molecule has 0 aromatic heterocycles. The molecule has 13 heavy (non-hydrogen) atoms. The predicted octanol–water partition coefficient (Wildman–Crippen LogP) is 2.06. The van der Waals surface area contributed by atoms with E-state index in [0.717, 1.165) is 0 Å². The van der Waals surface area contributed by atoms with Gasteiger partial charge in [-0.25, -0.2) is 0 Å². The molecule has 0 N–H and O–H groups in total. The van der Waals surface area contributed by atoms with Crippen molar-refractivity contribution in [2.75, 3.05) is 0 Å². The molecule has 0 aliphatic carbocycles. The molecule has 1 aromatic carbocycles. The molecule has 0 saturated carbocycles. The van der Waals surface area contributed by atoms with Gasteiger partial charge in [-0.3, -0.25) is 10.1 Å². The van der Waals surface area contributed by atoms with Crippen LogP contribution in [0.15, 0.2) is 17.0 Å². The summed E-state index contributed by atoms with van der Waals surface area (Å²) in [5.41, 5.74) is 0.576. The first-order chi connectivity index (χ1) is 6.07. The number of nitro benzene ring substituents is 1. The van der Waals surface area contributed by atoms with Gasteiger partial charge in [0.1, 0.15) is 0 Å². The zero-order valence-corrected chi connectivity index (χ0v) is 7.71. The summed E-state index contributed by atoms with van der Waals surface area (Å²) in [6, 6.07) is 4.85. The maximum Gasteiger partial charge on any atom is 0.286 e. The van der Waals surface area contributed by atoms with Crippen LogP contribution in [-0.2, 0) is 0 Å². The maximum atomic E-state index is 10.6. The lowest BCUT2D eigenvalue weighted by atomic mass is 10.1. The molecular weight excluding hydrogens is 188 g/mol. The van der Waals surface area contributed by atoms with Crippen LogP contribution >= 0.6 is 12.6 Å². The third kappa shape index (κ3) is 1.63. The van der Waals surface area contributed by atoms with Crippen molar-refractivity contribution in [3.63, 3.8) is 0 Å². The molecule has 0 spiro atoms. The highest BCUT2D eigenvalue weighted by molar-refractivity contribution is 7.80. The van der Waals surface area contributed by atoms with E-state index in [1.807, 2.05) is 6.07 Å². The van der Waals surface area contributed by atoms with Gasteiger partial charge in [-0.1, -0.05) is 0 Å². The molecule has 4 nitrogen and oxygen atoms in total. The van der Waals surface area contributed by atoms with E-state index in [1.165, 1.54) is 19.1 Å². The first-order valence-corrected chi connectivity index (χ1v) is 3.89. The monoisotopic (exact) mass is 194 g/mol. The highest BCUT2D eigenvalue weighted by atomic mass is 32.1. The summed E-state index contributed by atoms with van der Waals surface area (Å²) in [6.45, 7) is 1.54. The Kier molecular flexibility index (Phi) is 2.54. The predicted molar refractivity (Wildman–Crippen MR) is 49.8 cm³/mol. The van der Waals surface area contributed by atoms with Crippen LogP contribution in [0.1, 0.15) is 11.1 Å². The van der Waals surface area contributed by atoms with Crippen LogP contribution in [0.5, 0.6) is 0 Å². The Morgan fingerprint density at radius 3 is 2.69 bits per heavy atom. The number of thiol groups is 1. The Balaban J connectivity index is 3.50. The van der Waals surface area contributed by atoms with Gasteiger partial charge in [0, 0.05) is 5.56 Å². The maximum absolute atomic E-state index is 10.6. The highest BCUT2D eigenvalue weighted by Gasteiger charge is 2.17. The second-order valence-corrected chi connectivity index (χ2v) is 2.96. The smallest absolute Gasteiger partial charge is 0.258 e. The number of hydrogen-bond acceptors (Lipinski definition) is 4. The summed E-state index contributed by atoms with van der Waals surface area (Å²) < 4.78 is 0. The molecule has 0 atom stereocenters. The zero-order valence-electron chi connectivity index (χ0n) is 6.81. The number of hydrogen-bond donors (Lipinski definition) is 1. The van der Waals surface area contributed by atoms with Gasteiger partial charge >= 0.3 is 0 Å². The number of benzene rings is 1. The lowest BCUT2D eigenvalue weighted by Crippen LogP contribution is -1.95. The molecule has 0 aliphatic rings. The number of nitrogens with zero attached hydrogens (tertiary/aromatic N) is 2. The lowest BCUT2D eigenvalue weighted by Gasteiger charge is -2.00. The first kappa shape index (κ1) is 9.55. The van der Waals surface area contributed by atoms with Gasteiger partial charge < -0.3 is 0 Å². The Morgan fingerprint density at radius 1 is 1.62 bits per heavy atom. The fraction of sp³-hybridized carbons (Fsp3) is 0.125. The lowest BCUT2D eigenvalue weighted by molar-refractivity contribution is -0.388. The van der Waals surface area contributed by atoms with Crippen molar-refractivity contribution in [1.82, 2.24) is 0 Å². The van der Waals surface area contributed by atoms with Crippen molar-refractivity contribution in [3.05, 3.63) is 33.4 Å². The van der Waals surface area contributed by atoms with Gasteiger partial charge in [-0.15, -0.1) is 12.6 Å². The topological polar surface area (TPSA) is 66.9 Å². The third-order valence-corrected chi connectivity index (χ3v) is 2.07. The standard InChI is InChI=1S/C8H6N2O2S/c1-5-6(4-9)2-3-7(13)8(5)10(11)12/h2-3,13H,1H3. The van der Waals surface area contributed by atoms with E-state index in [9.17, 15) is 10.1 Å². The minimum atomic E-state index is -0.529. The summed E-state index contributed by atoms with van der Waals surface area (Å²) in [7, 11) is 0. The molecule has 0 heterocycles. The molecule has 0 amide bonds. The van der Waals surface area contributed by atoms with Crippen LogP contribution in [0, 0.1) is 28.4 Å². The molecular formula is C8H6N2O2S. The van der Waals surface area contributed by atoms with Crippen molar-refractivity contribution >= 4 is 18.3 Å². The van der Waals surface area contributed by atoms with Gasteiger partial charge in [0.25, 0.3) is 5.69 Å². The third-order valence-electron chi connectivity index (χ3n) is 1.71. The molecule has 0 aliphatic heterocycles. The van der Waals surface area contributed by atoms with Crippen LogP contribution < -0.4 is 0 Å². The summed E-state index contributed by atoms with van der Waals surface area (Å²) in [4.78, 5) is 10.3. The minimum Gasteiger partial charge on any atom is -0.258 e. The summed E-state index contributed by atoms with van der Waals surface area (Å²) in [6.07, 6.45) is 0. The van der Waals surface area contributed by atoms with Crippen LogP contribution in [0.2, 0.25) is 0 Å². The van der Waals surface area contributed by atoms with E-state index in [-0.39, 0.29) is 10.6 Å². The minimum absolute atomic E-state index is 0.0950. The van der Waals surface area contributed by atoms with E-state index in [1.54, 1.807) is 0 Å². The SMILES string of the molecule is Cc1c(C#N)ccc(S)c1[N+](=O)[O-]. The second-order valence-electron chi connectivity index (χ2n) is 2.47. The molecule has 1 rings (SSSR count). The Labute approximate surface area is 80.4 Å². The summed E-state index contributed by atoms with van der Waals surface area (Å²) in [5.74, 6) is 0. The average molecular weight is 194 g/mol. The Bertz CT molecular complexity index is 409. The quantitative estimate of drug-likeness (QED) is 0.422. The Morgan fingerprint density at radius 2 is 2.23 bits per heavy atom. The largest absolute Gasteiger partial charge is 0.286 e. The average Bonchev–Trinajstić information content (AvgIpc) is 2.04. The number of nitriles is 1. The molecule has 0 unspecified atom stereocenters. The van der Waals surface area contributed by atoms with E-state index in [4.69, 9.17) is 5.26 Å². The molecule has 1 aromatic rings. The van der Waals surface area contributed by atoms with Gasteiger partial charge in [-0.05, 0) is 19.1 Å². The zero-order chi connectivity index (χ0) is 10.0. The normalized spacial score (nSPS) is 9.31. The second kappa shape index (κ2) is 3.46. The van der Waals surface area contributed by atoms with Gasteiger partial charge in [0.15, 0.2) is 0 Å². The van der Waals surface area contributed by atoms with E-state index in [2.05, 4.69) is 12.6 Å². The Hall–Kier alpha value is -1.54. The van der Waals surface area contributed by atoms with Crippen molar-refractivity contribution in [2.24, 2.45) is 0 Å². The van der Waals surface area contributed by atoms with Crippen LogP contribution in [0.3, 0.4) is 0 Å². The van der Waals surface area contributed by atoms with Crippen LogP contribution in [-0.4, -0.2) is 4.92 Å². The first-order valence-electron chi connectivity index (χ1n) is 3.45. The number of nitro groups is 1. The summed E-state index contributed by atoms with van der Waals surface area (Å²) >= 11 is 3.94. The number of rotatable bonds is 1. The van der Waals surface area contributed by atoms with E-state index in [0.29, 0.717) is 11.1 Å². The highest BCUT2D eigenvalue weighted by Crippen LogP contribution is 2.28. The fourth-order valence-electron chi connectivity index (χ4n) is 1.04. The van der Waals surface area contributed by atoms with Crippen molar-refractivity contribution in [3.8, 4) is 6.07 Å². The van der Waals surface area contributed by atoms with E-state index >= 15 is 0 Å². The van der Waals surface area contributed by atoms with Gasteiger partial charge in [0.05, 0.1) is 21.5 Å². The molecule has 66 valence electrons. The molecule has 0 radical (unpaired) electrons. The van der Waals surface area contributed by atoms with Gasteiger partial charge in [-0.2, -0.15) is 5.26 Å². The molecule has 0 bridgehead atoms. The fourth-order valence-corrected chi connectivity index (χ4v) is 1.36.